The van der Waals surface area contributed by atoms with E-state index in [-0.39, 0.29) is 18.0 Å². The van der Waals surface area contributed by atoms with Crippen LogP contribution in [0.1, 0.15) is 31.9 Å². The van der Waals surface area contributed by atoms with E-state index in [0.717, 1.165) is 19.5 Å². The number of halogens is 1. The van der Waals surface area contributed by atoms with Crippen LogP contribution in [-0.2, 0) is 11.3 Å². The van der Waals surface area contributed by atoms with Crippen molar-refractivity contribution in [3.8, 4) is 5.75 Å². The van der Waals surface area contributed by atoms with Gasteiger partial charge in [0.15, 0.2) is 5.76 Å². The van der Waals surface area contributed by atoms with Gasteiger partial charge in [0.25, 0.3) is 0 Å². The van der Waals surface area contributed by atoms with E-state index in [1.807, 2.05) is 17.9 Å². The number of benzene rings is 1. The number of carbonyl (C=O) groups excluding carboxylic acids is 1. The van der Waals surface area contributed by atoms with E-state index in [2.05, 4.69) is 0 Å². The summed E-state index contributed by atoms with van der Waals surface area (Å²) in [7, 11) is 0. The van der Waals surface area contributed by atoms with Gasteiger partial charge in [0, 0.05) is 6.07 Å². The first-order valence-corrected chi connectivity index (χ1v) is 10.3. The first kappa shape index (κ1) is 21.8. The lowest BCUT2D eigenvalue weighted by Crippen LogP contribution is -3.13. The number of nitrogens with zero attached hydrogens (tertiary/aromatic N) is 1. The molecule has 7 nitrogen and oxygen atoms in total. The van der Waals surface area contributed by atoms with Crippen molar-refractivity contribution < 1.29 is 28.3 Å². The number of ether oxygens (including phenoxy) is 1. The standard InChI is InChI=1S/C22H27FN2O5/c1-2-3-8-20(22(27)28)30-21-15-29-16(13-19(21)26)14-24-9-11-25(12-10-24)18-7-5-4-6-17(18)23/h4-7,13,15,20H,2-3,8-12,14H2,1H3,(H,27,28)/t20-/m1/s1. The fourth-order valence-corrected chi connectivity index (χ4v) is 3.58. The second kappa shape index (κ2) is 10.2. The Hall–Kier alpha value is -2.87. The minimum atomic E-state index is -1.34. The number of para-hydroxylation sites is 1. The molecule has 2 heterocycles. The average molecular weight is 418 g/mol. The van der Waals surface area contributed by atoms with Crippen LogP contribution in [0.4, 0.5) is 10.1 Å². The molecule has 0 unspecified atom stereocenters. The Kier molecular flexibility index (Phi) is 7.46. The highest BCUT2D eigenvalue weighted by Gasteiger charge is 2.23. The number of carboxylic acid groups (broad SMARTS) is 1. The van der Waals surface area contributed by atoms with Crippen LogP contribution in [0, 0.1) is 5.82 Å². The molecular formula is C22H27FN2O5. The number of aliphatic carboxylic acids is 1. The SMILES string of the molecule is CCCC[C@@H](Oc1coc(C[NH+]2CCN(c3ccccc3F)CC2)cc1=O)C(=O)[O-]. The van der Waals surface area contributed by atoms with E-state index in [1.165, 1.54) is 23.3 Å². The number of unbranched alkanes of at least 4 members (excludes halogenated alkanes) is 1. The second-order valence-corrected chi connectivity index (χ2v) is 7.51. The van der Waals surface area contributed by atoms with Gasteiger partial charge in [0.1, 0.15) is 24.7 Å². The van der Waals surface area contributed by atoms with Crippen molar-refractivity contribution in [1.29, 1.82) is 0 Å². The van der Waals surface area contributed by atoms with Gasteiger partial charge in [-0.3, -0.25) is 4.79 Å². The summed E-state index contributed by atoms with van der Waals surface area (Å²) in [5.41, 5.74) is 0.193. The molecule has 8 heteroatoms. The van der Waals surface area contributed by atoms with Gasteiger partial charge >= 0.3 is 0 Å². The minimum Gasteiger partial charge on any atom is -0.546 e. The normalized spacial score (nSPS) is 15.7. The van der Waals surface area contributed by atoms with E-state index in [0.29, 0.717) is 37.5 Å². The Labute approximate surface area is 174 Å². The summed E-state index contributed by atoms with van der Waals surface area (Å²) < 4.78 is 24.8. The number of nitrogens with one attached hydrogen (secondary N) is 1. The van der Waals surface area contributed by atoms with Crippen LogP contribution in [0.25, 0.3) is 0 Å². The lowest BCUT2D eigenvalue weighted by atomic mass is 10.1. The maximum Gasteiger partial charge on any atom is 0.227 e. The molecule has 30 heavy (non-hydrogen) atoms. The Morgan fingerprint density at radius 2 is 2.07 bits per heavy atom. The molecule has 0 saturated carbocycles. The van der Waals surface area contributed by atoms with Gasteiger partial charge in [-0.15, -0.1) is 0 Å². The van der Waals surface area contributed by atoms with Crippen LogP contribution in [0.15, 0.2) is 45.8 Å². The lowest BCUT2D eigenvalue weighted by Gasteiger charge is -2.33. The summed E-state index contributed by atoms with van der Waals surface area (Å²) in [6, 6.07) is 8.08. The predicted molar refractivity (Wildman–Crippen MR) is 107 cm³/mol. The Balaban J connectivity index is 1.57. The van der Waals surface area contributed by atoms with Gasteiger partial charge < -0.3 is 28.9 Å². The second-order valence-electron chi connectivity index (χ2n) is 7.51. The van der Waals surface area contributed by atoms with Crippen LogP contribution >= 0.6 is 0 Å². The maximum absolute atomic E-state index is 14.0. The van der Waals surface area contributed by atoms with Crippen LogP contribution in [0.3, 0.4) is 0 Å². The van der Waals surface area contributed by atoms with Crippen molar-refractivity contribution in [2.45, 2.75) is 38.8 Å². The van der Waals surface area contributed by atoms with Crippen molar-refractivity contribution in [1.82, 2.24) is 0 Å². The molecular weight excluding hydrogens is 391 g/mol. The van der Waals surface area contributed by atoms with Crippen molar-refractivity contribution in [2.75, 3.05) is 31.1 Å². The molecule has 1 N–H and O–H groups in total. The number of rotatable bonds is 9. The first-order chi connectivity index (χ1) is 14.5. The Bertz CT molecular complexity index is 908. The molecule has 0 bridgehead atoms. The van der Waals surface area contributed by atoms with Gasteiger partial charge in [-0.1, -0.05) is 25.5 Å². The molecule has 0 spiro atoms. The zero-order valence-corrected chi connectivity index (χ0v) is 17.1. The van der Waals surface area contributed by atoms with Gasteiger partial charge in [-0.05, 0) is 25.0 Å². The van der Waals surface area contributed by atoms with Gasteiger partial charge in [-0.25, -0.2) is 4.39 Å². The van der Waals surface area contributed by atoms with E-state index < -0.39 is 17.5 Å². The highest BCUT2D eigenvalue weighted by Crippen LogP contribution is 2.18. The van der Waals surface area contributed by atoms with Crippen LogP contribution < -0.4 is 25.1 Å². The van der Waals surface area contributed by atoms with Gasteiger partial charge in [0.2, 0.25) is 11.2 Å². The molecule has 0 radical (unpaired) electrons. The lowest BCUT2D eigenvalue weighted by molar-refractivity contribution is -0.915. The fraction of sp³-hybridized carbons (Fsp3) is 0.455. The van der Waals surface area contributed by atoms with Crippen LogP contribution in [0.5, 0.6) is 5.75 Å². The molecule has 1 aromatic carbocycles. The minimum absolute atomic E-state index is 0.122. The molecule has 1 aliphatic rings. The van der Waals surface area contributed by atoms with Gasteiger partial charge in [0.05, 0.1) is 37.8 Å². The quantitative estimate of drug-likeness (QED) is 0.633. The molecule has 1 fully saturated rings. The van der Waals surface area contributed by atoms with E-state index >= 15 is 0 Å². The van der Waals surface area contributed by atoms with Crippen molar-refractivity contribution in [3.05, 3.63) is 58.4 Å². The van der Waals surface area contributed by atoms with E-state index in [9.17, 15) is 19.1 Å². The monoisotopic (exact) mass is 418 g/mol. The van der Waals surface area contributed by atoms with Crippen molar-refractivity contribution in [2.24, 2.45) is 0 Å². The number of hydrogen-bond donors (Lipinski definition) is 1. The summed E-state index contributed by atoms with van der Waals surface area (Å²) in [6.07, 6.45) is 1.75. The molecule has 1 aromatic heterocycles. The fourth-order valence-electron chi connectivity index (χ4n) is 3.58. The van der Waals surface area contributed by atoms with Crippen molar-refractivity contribution in [3.63, 3.8) is 0 Å². The summed E-state index contributed by atoms with van der Waals surface area (Å²) in [5.74, 6) is -1.19. The Morgan fingerprint density at radius 1 is 1.33 bits per heavy atom. The molecule has 1 aliphatic heterocycles. The number of anilines is 1. The molecule has 0 amide bonds. The summed E-state index contributed by atoms with van der Waals surface area (Å²) in [6.45, 7) is 5.41. The molecule has 3 rings (SSSR count). The zero-order chi connectivity index (χ0) is 21.5. The number of carbonyl (C=O) groups is 1. The predicted octanol–water partition coefficient (Wildman–Crippen LogP) is 0.372. The van der Waals surface area contributed by atoms with Crippen LogP contribution in [0.2, 0.25) is 0 Å². The van der Waals surface area contributed by atoms with E-state index in [4.69, 9.17) is 9.15 Å². The summed E-state index contributed by atoms with van der Waals surface area (Å²) in [5, 5.41) is 11.2. The highest BCUT2D eigenvalue weighted by atomic mass is 19.1. The Morgan fingerprint density at radius 3 is 2.70 bits per heavy atom. The molecule has 0 aliphatic carbocycles. The maximum atomic E-state index is 14.0. The molecule has 162 valence electrons. The van der Waals surface area contributed by atoms with Crippen molar-refractivity contribution >= 4 is 11.7 Å². The summed E-state index contributed by atoms with van der Waals surface area (Å²) >= 11 is 0. The smallest absolute Gasteiger partial charge is 0.227 e. The van der Waals surface area contributed by atoms with E-state index in [1.54, 1.807) is 12.1 Å². The highest BCUT2D eigenvalue weighted by molar-refractivity contribution is 5.70. The topological polar surface area (TPSA) is 87.2 Å². The number of quaternary nitrogens is 1. The average Bonchev–Trinajstić information content (AvgIpc) is 2.73. The third-order valence-electron chi connectivity index (χ3n) is 5.29. The third kappa shape index (κ3) is 5.60. The molecule has 1 saturated heterocycles. The first-order valence-electron chi connectivity index (χ1n) is 10.3. The molecule has 1 atom stereocenters. The van der Waals surface area contributed by atoms with Crippen LogP contribution in [-0.4, -0.2) is 38.3 Å². The number of carboxylic acids is 1. The zero-order valence-electron chi connectivity index (χ0n) is 17.1. The third-order valence-corrected chi connectivity index (χ3v) is 5.29. The largest absolute Gasteiger partial charge is 0.546 e. The number of hydrogen-bond acceptors (Lipinski definition) is 6. The number of piperazine rings is 1. The van der Waals surface area contributed by atoms with Gasteiger partial charge in [-0.2, -0.15) is 0 Å². The molecule has 2 aromatic rings. The summed E-state index contributed by atoms with van der Waals surface area (Å²) in [4.78, 5) is 26.8.